The van der Waals surface area contributed by atoms with Gasteiger partial charge in [0.1, 0.15) is 12.2 Å². The van der Waals surface area contributed by atoms with Gasteiger partial charge in [0.2, 0.25) is 0 Å². The number of hydrogen-bond acceptors (Lipinski definition) is 2. The Morgan fingerprint density at radius 1 is 1.29 bits per heavy atom. The average Bonchev–Trinajstić information content (AvgIpc) is 2.51. The number of hydrogen-bond donors (Lipinski definition) is 0. The monoisotopic (exact) mass is 299 g/mol. The van der Waals surface area contributed by atoms with Crippen LogP contribution in [0.15, 0.2) is 24.5 Å². The molecule has 1 heterocycles. The molecule has 0 amide bonds. The quantitative estimate of drug-likeness (QED) is 0.757. The molecular weight excluding hydrogens is 289 g/mol. The number of nitrogens with zero attached hydrogens (tertiary/aromatic N) is 3. The Morgan fingerprint density at radius 2 is 2.07 bits per heavy atom. The van der Waals surface area contributed by atoms with E-state index in [0.717, 1.165) is 11.5 Å². The van der Waals surface area contributed by atoms with E-state index in [1.54, 1.807) is 11.0 Å². The maximum atomic E-state index is 4.27. The van der Waals surface area contributed by atoms with Gasteiger partial charge in [0.25, 0.3) is 0 Å². The van der Waals surface area contributed by atoms with Crippen LogP contribution in [0.25, 0.3) is 5.69 Å². The van der Waals surface area contributed by atoms with Gasteiger partial charge in [0.05, 0.1) is 5.69 Å². The van der Waals surface area contributed by atoms with Crippen molar-refractivity contribution in [2.45, 2.75) is 13.8 Å². The van der Waals surface area contributed by atoms with Gasteiger partial charge in [-0.2, -0.15) is 5.10 Å². The zero-order valence-corrected chi connectivity index (χ0v) is 10.2. The van der Waals surface area contributed by atoms with E-state index >= 15 is 0 Å². The summed E-state index contributed by atoms with van der Waals surface area (Å²) >= 11 is 2.30. The molecule has 0 saturated carbocycles. The third-order valence-corrected chi connectivity index (χ3v) is 2.68. The van der Waals surface area contributed by atoms with Gasteiger partial charge in [0.15, 0.2) is 0 Å². The Morgan fingerprint density at radius 3 is 2.64 bits per heavy atom. The van der Waals surface area contributed by atoms with Crippen LogP contribution in [0.2, 0.25) is 0 Å². The summed E-state index contributed by atoms with van der Waals surface area (Å²) in [5.74, 6) is 0.794. The normalized spacial score (nSPS) is 10.5. The highest BCUT2D eigenvalue weighted by Crippen LogP contribution is 2.15. The molecule has 72 valence electrons. The van der Waals surface area contributed by atoms with E-state index in [2.05, 4.69) is 57.8 Å². The molecule has 0 saturated heterocycles. The number of aromatic nitrogens is 3. The SMILES string of the molecule is Cc1ncn(-c2ccc(I)cc2C)n1. The van der Waals surface area contributed by atoms with Crippen LogP contribution in [-0.4, -0.2) is 14.8 Å². The summed E-state index contributed by atoms with van der Waals surface area (Å²) in [6.07, 6.45) is 1.74. The molecule has 0 N–H and O–H groups in total. The van der Waals surface area contributed by atoms with E-state index in [0.29, 0.717) is 0 Å². The van der Waals surface area contributed by atoms with Crippen molar-refractivity contribution in [2.75, 3.05) is 0 Å². The second kappa shape index (κ2) is 3.68. The topological polar surface area (TPSA) is 30.7 Å². The summed E-state index contributed by atoms with van der Waals surface area (Å²) in [4.78, 5) is 4.11. The van der Waals surface area contributed by atoms with E-state index < -0.39 is 0 Å². The summed E-state index contributed by atoms with van der Waals surface area (Å²) in [5, 5.41) is 4.27. The molecule has 1 aromatic carbocycles. The fourth-order valence-electron chi connectivity index (χ4n) is 1.34. The van der Waals surface area contributed by atoms with Crippen molar-refractivity contribution in [3.8, 4) is 5.69 Å². The lowest BCUT2D eigenvalue weighted by molar-refractivity contribution is 0.855. The first-order chi connectivity index (χ1) is 6.66. The zero-order valence-electron chi connectivity index (χ0n) is 8.03. The second-order valence-corrected chi connectivity index (χ2v) is 4.41. The highest BCUT2D eigenvalue weighted by molar-refractivity contribution is 14.1. The molecule has 0 spiro atoms. The molecule has 0 aliphatic rings. The number of halogens is 1. The molecule has 14 heavy (non-hydrogen) atoms. The van der Waals surface area contributed by atoms with Gasteiger partial charge in [-0.25, -0.2) is 9.67 Å². The summed E-state index contributed by atoms with van der Waals surface area (Å²) in [5.41, 5.74) is 2.30. The molecule has 0 fully saturated rings. The Hall–Kier alpha value is -0.910. The van der Waals surface area contributed by atoms with Crippen LogP contribution in [0.3, 0.4) is 0 Å². The van der Waals surface area contributed by atoms with Crippen molar-refractivity contribution in [2.24, 2.45) is 0 Å². The molecule has 0 radical (unpaired) electrons. The summed E-state index contributed by atoms with van der Waals surface area (Å²) < 4.78 is 3.04. The largest absolute Gasteiger partial charge is 0.221 e. The van der Waals surface area contributed by atoms with Gasteiger partial charge in [0, 0.05) is 3.57 Å². The summed E-state index contributed by atoms with van der Waals surface area (Å²) in [7, 11) is 0. The second-order valence-electron chi connectivity index (χ2n) is 3.17. The van der Waals surface area contributed by atoms with Crippen LogP contribution in [-0.2, 0) is 0 Å². The van der Waals surface area contributed by atoms with Crippen molar-refractivity contribution in [3.63, 3.8) is 0 Å². The highest BCUT2D eigenvalue weighted by Gasteiger charge is 2.02. The van der Waals surface area contributed by atoms with Crippen molar-refractivity contribution in [1.29, 1.82) is 0 Å². The molecule has 1 aromatic heterocycles. The third-order valence-electron chi connectivity index (χ3n) is 2.01. The first-order valence-electron chi connectivity index (χ1n) is 4.31. The molecular formula is C10H10IN3. The predicted molar refractivity (Wildman–Crippen MR) is 63.6 cm³/mol. The standard InChI is InChI=1S/C10H10IN3/c1-7-5-9(11)3-4-10(7)14-6-12-8(2)13-14/h3-6H,1-2H3. The maximum Gasteiger partial charge on any atom is 0.147 e. The van der Waals surface area contributed by atoms with Crippen LogP contribution in [0.5, 0.6) is 0 Å². The van der Waals surface area contributed by atoms with Crippen LogP contribution in [0, 0.1) is 17.4 Å². The smallest absolute Gasteiger partial charge is 0.147 e. The summed E-state index contributed by atoms with van der Waals surface area (Å²) in [6, 6.07) is 6.26. The predicted octanol–water partition coefficient (Wildman–Crippen LogP) is 2.49. The van der Waals surface area contributed by atoms with E-state index in [9.17, 15) is 0 Å². The van der Waals surface area contributed by atoms with E-state index in [1.165, 1.54) is 9.13 Å². The Balaban J connectivity index is 2.52. The fraction of sp³-hybridized carbons (Fsp3) is 0.200. The minimum atomic E-state index is 0.794. The molecule has 0 bridgehead atoms. The van der Waals surface area contributed by atoms with E-state index in [4.69, 9.17) is 0 Å². The van der Waals surface area contributed by atoms with Crippen molar-refractivity contribution in [1.82, 2.24) is 14.8 Å². The van der Waals surface area contributed by atoms with Gasteiger partial charge in [-0.1, -0.05) is 0 Å². The molecule has 0 atom stereocenters. The first kappa shape index (κ1) is 9.64. The average molecular weight is 299 g/mol. The minimum absolute atomic E-state index is 0.794. The summed E-state index contributed by atoms with van der Waals surface area (Å²) in [6.45, 7) is 3.97. The van der Waals surface area contributed by atoms with Gasteiger partial charge >= 0.3 is 0 Å². The molecule has 2 aromatic rings. The zero-order chi connectivity index (χ0) is 10.1. The molecule has 2 rings (SSSR count). The lowest BCUT2D eigenvalue weighted by Crippen LogP contribution is -1.98. The van der Waals surface area contributed by atoms with Crippen molar-refractivity contribution in [3.05, 3.63) is 39.5 Å². The molecule has 3 nitrogen and oxygen atoms in total. The lowest BCUT2D eigenvalue weighted by Gasteiger charge is -2.04. The Labute approximate surface area is 96.3 Å². The fourth-order valence-corrected chi connectivity index (χ4v) is 1.98. The highest BCUT2D eigenvalue weighted by atomic mass is 127. The number of aryl methyl sites for hydroxylation is 2. The van der Waals surface area contributed by atoms with Gasteiger partial charge in [-0.05, 0) is 60.2 Å². The molecule has 0 aliphatic carbocycles. The first-order valence-corrected chi connectivity index (χ1v) is 5.39. The van der Waals surface area contributed by atoms with E-state index in [1.807, 2.05) is 6.92 Å². The Kier molecular flexibility index (Phi) is 2.54. The van der Waals surface area contributed by atoms with Crippen LogP contribution in [0.4, 0.5) is 0 Å². The van der Waals surface area contributed by atoms with Gasteiger partial charge < -0.3 is 0 Å². The van der Waals surface area contributed by atoms with Gasteiger partial charge in [-0.15, -0.1) is 0 Å². The lowest BCUT2D eigenvalue weighted by atomic mass is 10.2. The van der Waals surface area contributed by atoms with Crippen LogP contribution in [0.1, 0.15) is 11.4 Å². The van der Waals surface area contributed by atoms with Crippen LogP contribution < -0.4 is 0 Å². The maximum absolute atomic E-state index is 4.27. The van der Waals surface area contributed by atoms with Crippen molar-refractivity contribution < 1.29 is 0 Å². The van der Waals surface area contributed by atoms with Crippen LogP contribution >= 0.6 is 22.6 Å². The number of rotatable bonds is 1. The molecule has 0 unspecified atom stereocenters. The van der Waals surface area contributed by atoms with Gasteiger partial charge in [-0.3, -0.25) is 0 Å². The third kappa shape index (κ3) is 1.79. The van der Waals surface area contributed by atoms with Crippen molar-refractivity contribution >= 4 is 22.6 Å². The molecule has 0 aliphatic heterocycles. The number of benzene rings is 1. The minimum Gasteiger partial charge on any atom is -0.221 e. The van der Waals surface area contributed by atoms with E-state index in [-0.39, 0.29) is 0 Å². The Bertz CT molecular complexity index is 462. The molecule has 4 heteroatoms.